The number of hydrogen-bond acceptors (Lipinski definition) is 4. The maximum atomic E-state index is 10.1. The third-order valence-electron chi connectivity index (χ3n) is 0.853. The molecule has 0 saturated carbocycles. The van der Waals surface area contributed by atoms with E-state index in [1.165, 1.54) is 6.20 Å². The summed E-state index contributed by atoms with van der Waals surface area (Å²) in [7, 11) is 0. The fourth-order valence-corrected chi connectivity index (χ4v) is 0.524. The molecule has 10 heavy (non-hydrogen) atoms. The number of primary amides is 1. The highest BCUT2D eigenvalue weighted by Crippen LogP contribution is 1.98. The van der Waals surface area contributed by atoms with Crippen LogP contribution < -0.4 is 5.73 Å². The Kier molecular flexibility index (Phi) is 1.89. The topological polar surface area (TPSA) is 67.9 Å². The lowest BCUT2D eigenvalue weighted by atomic mass is 10.4. The Hall–Kier alpha value is -1.52. The number of hydroxylamine groups is 1. The maximum absolute atomic E-state index is 10.1. The molecule has 1 heterocycles. The summed E-state index contributed by atoms with van der Waals surface area (Å²) in [6.07, 6.45) is 4.78. The van der Waals surface area contributed by atoms with Crippen LogP contribution in [-0.4, -0.2) is 17.5 Å². The van der Waals surface area contributed by atoms with Crippen molar-refractivity contribution in [2.24, 2.45) is 10.8 Å². The zero-order chi connectivity index (χ0) is 7.40. The van der Waals surface area contributed by atoms with Gasteiger partial charge >= 0.3 is 6.09 Å². The Morgan fingerprint density at radius 3 is 3.10 bits per heavy atom. The molecular formula is C5H7N3O2. The molecule has 0 spiro atoms. The average Bonchev–Trinajstić information content (AvgIpc) is 1.88. The molecule has 0 bridgehead atoms. The first-order valence-corrected chi connectivity index (χ1v) is 2.75. The monoisotopic (exact) mass is 141 g/mol. The van der Waals surface area contributed by atoms with Crippen molar-refractivity contribution in [2.75, 3.05) is 0 Å². The van der Waals surface area contributed by atoms with Crippen molar-refractivity contribution in [2.45, 2.75) is 6.42 Å². The molecule has 0 atom stereocenters. The standard InChI is InChI=1S/C5H7N3O2/c6-5(9)10-8-4-2-1-3-7-8/h2-4H,1H2,(H2,6,9). The van der Waals surface area contributed by atoms with E-state index in [9.17, 15) is 4.79 Å². The third-order valence-corrected chi connectivity index (χ3v) is 0.853. The van der Waals surface area contributed by atoms with Crippen LogP contribution >= 0.6 is 0 Å². The highest BCUT2D eigenvalue weighted by molar-refractivity contribution is 5.65. The van der Waals surface area contributed by atoms with Gasteiger partial charge in [-0.05, 0) is 0 Å². The quantitative estimate of drug-likeness (QED) is 0.567. The second-order valence-electron chi connectivity index (χ2n) is 1.63. The Balaban J connectivity index is 2.40. The fourth-order valence-electron chi connectivity index (χ4n) is 0.524. The van der Waals surface area contributed by atoms with E-state index >= 15 is 0 Å². The van der Waals surface area contributed by atoms with Crippen LogP contribution in [-0.2, 0) is 4.84 Å². The van der Waals surface area contributed by atoms with Gasteiger partial charge in [-0.2, -0.15) is 0 Å². The minimum atomic E-state index is -0.872. The molecule has 0 aromatic rings. The predicted molar refractivity (Wildman–Crippen MR) is 34.8 cm³/mol. The first-order valence-electron chi connectivity index (χ1n) is 2.75. The minimum Gasteiger partial charge on any atom is -0.333 e. The number of carbonyl (C=O) groups excluding carboxylic acids is 1. The summed E-state index contributed by atoms with van der Waals surface area (Å²) in [6, 6.07) is 0. The van der Waals surface area contributed by atoms with Crippen LogP contribution in [0.1, 0.15) is 6.42 Å². The number of hydrogen-bond donors (Lipinski definition) is 1. The summed E-state index contributed by atoms with van der Waals surface area (Å²) < 4.78 is 0. The van der Waals surface area contributed by atoms with Crippen molar-refractivity contribution in [1.29, 1.82) is 0 Å². The van der Waals surface area contributed by atoms with Gasteiger partial charge in [-0.3, -0.25) is 4.84 Å². The number of hydrazone groups is 1. The van der Waals surface area contributed by atoms with Gasteiger partial charge in [-0.25, -0.2) is 4.79 Å². The van der Waals surface area contributed by atoms with Crippen LogP contribution in [0.25, 0.3) is 0 Å². The van der Waals surface area contributed by atoms with Crippen LogP contribution in [0.15, 0.2) is 17.4 Å². The van der Waals surface area contributed by atoms with Crippen molar-refractivity contribution in [3.63, 3.8) is 0 Å². The molecule has 2 N–H and O–H groups in total. The molecule has 1 rings (SSSR count). The second kappa shape index (κ2) is 2.86. The molecule has 5 nitrogen and oxygen atoms in total. The van der Waals surface area contributed by atoms with Crippen LogP contribution in [0.5, 0.6) is 0 Å². The van der Waals surface area contributed by atoms with Crippen molar-refractivity contribution in [3.8, 4) is 0 Å². The van der Waals surface area contributed by atoms with Crippen LogP contribution in [0.4, 0.5) is 4.79 Å². The summed E-state index contributed by atoms with van der Waals surface area (Å²) in [5.74, 6) is 0. The smallest absolute Gasteiger partial charge is 0.333 e. The van der Waals surface area contributed by atoms with Gasteiger partial charge in [-0.15, -0.1) is 5.10 Å². The molecule has 0 aliphatic carbocycles. The molecule has 0 aromatic carbocycles. The molecule has 1 aliphatic rings. The molecule has 0 unspecified atom stereocenters. The lowest BCUT2D eigenvalue weighted by Crippen LogP contribution is -2.23. The number of nitrogens with zero attached hydrogens (tertiary/aromatic N) is 2. The second-order valence-corrected chi connectivity index (χ2v) is 1.63. The van der Waals surface area contributed by atoms with Gasteiger partial charge in [0.1, 0.15) is 0 Å². The summed E-state index contributed by atoms with van der Waals surface area (Å²) in [5.41, 5.74) is 4.71. The van der Waals surface area contributed by atoms with Crippen molar-refractivity contribution < 1.29 is 9.63 Å². The molecule has 0 fully saturated rings. The van der Waals surface area contributed by atoms with Crippen LogP contribution in [0.2, 0.25) is 0 Å². The van der Waals surface area contributed by atoms with Crippen LogP contribution in [0.3, 0.4) is 0 Å². The maximum Gasteiger partial charge on any atom is 0.430 e. The number of amides is 1. The molecule has 1 amide bonds. The summed E-state index contributed by atoms with van der Waals surface area (Å²) in [5, 5.41) is 4.67. The first kappa shape index (κ1) is 6.60. The molecule has 0 aromatic heterocycles. The van der Waals surface area contributed by atoms with Gasteiger partial charge in [0.2, 0.25) is 0 Å². The number of nitrogens with two attached hydrogens (primary N) is 1. The van der Waals surface area contributed by atoms with E-state index in [-0.39, 0.29) is 0 Å². The number of allylic oxidation sites excluding steroid dienone is 1. The minimum absolute atomic E-state index is 0.749. The van der Waals surface area contributed by atoms with E-state index in [0.29, 0.717) is 0 Å². The zero-order valence-electron chi connectivity index (χ0n) is 5.23. The van der Waals surface area contributed by atoms with Gasteiger partial charge < -0.3 is 5.73 Å². The lowest BCUT2D eigenvalue weighted by Gasteiger charge is -2.12. The SMILES string of the molecule is NC(=O)ON1C=CCC=N1. The van der Waals surface area contributed by atoms with Gasteiger partial charge in [-0.1, -0.05) is 11.2 Å². The van der Waals surface area contributed by atoms with E-state index in [1.807, 2.05) is 0 Å². The Bertz CT molecular complexity index is 175. The van der Waals surface area contributed by atoms with Gasteiger partial charge in [0, 0.05) is 12.6 Å². The van der Waals surface area contributed by atoms with E-state index in [4.69, 9.17) is 5.73 Å². The molecule has 54 valence electrons. The van der Waals surface area contributed by atoms with E-state index < -0.39 is 6.09 Å². The normalized spacial score (nSPS) is 15.4. The zero-order valence-corrected chi connectivity index (χ0v) is 5.23. The average molecular weight is 141 g/mol. The molecule has 1 aliphatic heterocycles. The molecule has 0 radical (unpaired) electrons. The number of rotatable bonds is 1. The summed E-state index contributed by atoms with van der Waals surface area (Å²) >= 11 is 0. The van der Waals surface area contributed by atoms with Crippen molar-refractivity contribution in [1.82, 2.24) is 5.17 Å². The Labute approximate surface area is 57.7 Å². The lowest BCUT2D eigenvalue weighted by molar-refractivity contribution is -0.0519. The van der Waals surface area contributed by atoms with Crippen molar-refractivity contribution in [3.05, 3.63) is 12.3 Å². The third kappa shape index (κ3) is 1.77. The fraction of sp³-hybridized carbons (Fsp3) is 0.200. The largest absolute Gasteiger partial charge is 0.430 e. The van der Waals surface area contributed by atoms with Crippen LogP contribution in [0, 0.1) is 0 Å². The van der Waals surface area contributed by atoms with E-state index in [0.717, 1.165) is 11.6 Å². The number of carbonyl (C=O) groups is 1. The highest BCUT2D eigenvalue weighted by atomic mass is 16.7. The Morgan fingerprint density at radius 2 is 2.60 bits per heavy atom. The summed E-state index contributed by atoms with van der Waals surface area (Å²) in [6.45, 7) is 0. The summed E-state index contributed by atoms with van der Waals surface area (Å²) in [4.78, 5) is 14.5. The molecular weight excluding hydrogens is 134 g/mol. The van der Waals surface area contributed by atoms with Crippen molar-refractivity contribution >= 4 is 12.3 Å². The first-order chi connectivity index (χ1) is 4.79. The Morgan fingerprint density at radius 1 is 1.80 bits per heavy atom. The van der Waals surface area contributed by atoms with E-state index in [2.05, 4.69) is 9.94 Å². The predicted octanol–water partition coefficient (Wildman–Crippen LogP) is 0.202. The van der Waals surface area contributed by atoms with Gasteiger partial charge in [0.25, 0.3) is 0 Å². The molecule has 5 heteroatoms. The highest BCUT2D eigenvalue weighted by Gasteiger charge is 2.01. The van der Waals surface area contributed by atoms with Gasteiger partial charge in [0.05, 0.1) is 6.20 Å². The van der Waals surface area contributed by atoms with E-state index in [1.54, 1.807) is 12.3 Å². The molecule has 0 saturated heterocycles. The van der Waals surface area contributed by atoms with Gasteiger partial charge in [0.15, 0.2) is 0 Å².